The maximum absolute atomic E-state index is 6.01. The van der Waals surface area contributed by atoms with E-state index >= 15 is 0 Å². The van der Waals surface area contributed by atoms with Crippen LogP contribution in [0.1, 0.15) is 38.7 Å². The van der Waals surface area contributed by atoms with E-state index in [1.54, 1.807) is 7.11 Å². The number of piperidine rings is 1. The van der Waals surface area contributed by atoms with Gasteiger partial charge in [-0.1, -0.05) is 37.6 Å². The average Bonchev–Trinajstić information content (AvgIpc) is 2.67. The maximum atomic E-state index is 6.01. The zero-order chi connectivity index (χ0) is 19.7. The van der Waals surface area contributed by atoms with E-state index in [2.05, 4.69) is 41.2 Å². The number of nitrogens with one attached hydrogen (secondary N) is 1. The quantitative estimate of drug-likeness (QED) is 0.238. The largest absolute Gasteiger partial charge is 0.385 e. The van der Waals surface area contributed by atoms with Gasteiger partial charge in [-0.25, -0.2) is 0 Å². The number of guanidine groups is 1. The summed E-state index contributed by atoms with van der Waals surface area (Å²) in [6.07, 6.45) is 3.38. The SMILES string of the molecule is CN=C(NCC(C)(C)c1ccc(Cl)cc1)N1CCC(OCCCOC)CC1.I. The third-order valence-corrected chi connectivity index (χ3v) is 5.37. The fourth-order valence-electron chi connectivity index (χ4n) is 3.32. The molecule has 0 atom stereocenters. The first-order chi connectivity index (χ1) is 13.0. The Morgan fingerprint density at radius 3 is 2.43 bits per heavy atom. The van der Waals surface area contributed by atoms with Crippen LogP contribution in [0.4, 0.5) is 0 Å². The number of benzene rings is 1. The van der Waals surface area contributed by atoms with Gasteiger partial charge in [-0.05, 0) is 37.0 Å². The molecule has 28 heavy (non-hydrogen) atoms. The molecule has 1 aliphatic rings. The van der Waals surface area contributed by atoms with Crippen LogP contribution in [0.15, 0.2) is 29.3 Å². The topological polar surface area (TPSA) is 46.1 Å². The minimum atomic E-state index is -0.0106. The second-order valence-electron chi connectivity index (χ2n) is 7.70. The van der Waals surface area contributed by atoms with Crippen molar-refractivity contribution in [2.75, 3.05) is 47.0 Å². The van der Waals surface area contributed by atoms with E-state index in [0.717, 1.165) is 63.1 Å². The highest BCUT2D eigenvalue weighted by molar-refractivity contribution is 14.0. The Morgan fingerprint density at radius 1 is 1.21 bits per heavy atom. The summed E-state index contributed by atoms with van der Waals surface area (Å²) in [5.41, 5.74) is 1.25. The highest BCUT2D eigenvalue weighted by Crippen LogP contribution is 2.24. The summed E-state index contributed by atoms with van der Waals surface area (Å²) in [7, 11) is 3.58. The number of halogens is 2. The Bertz CT molecular complexity index is 588. The van der Waals surface area contributed by atoms with Crippen LogP contribution < -0.4 is 5.32 Å². The molecule has 5 nitrogen and oxygen atoms in total. The molecule has 1 heterocycles. The van der Waals surface area contributed by atoms with Gasteiger partial charge >= 0.3 is 0 Å². The summed E-state index contributed by atoms with van der Waals surface area (Å²) >= 11 is 6.01. The zero-order valence-electron chi connectivity index (χ0n) is 17.5. The summed E-state index contributed by atoms with van der Waals surface area (Å²) in [6.45, 7) is 8.76. The van der Waals surface area contributed by atoms with Gasteiger partial charge in [0.25, 0.3) is 0 Å². The second kappa shape index (κ2) is 12.9. The van der Waals surface area contributed by atoms with Gasteiger partial charge in [0, 0.05) is 57.4 Å². The Morgan fingerprint density at radius 2 is 1.86 bits per heavy atom. The van der Waals surface area contributed by atoms with Crippen molar-refractivity contribution >= 4 is 41.5 Å². The zero-order valence-corrected chi connectivity index (χ0v) is 20.6. The van der Waals surface area contributed by atoms with Crippen LogP contribution in [0.25, 0.3) is 0 Å². The van der Waals surface area contributed by atoms with Crippen LogP contribution in [-0.4, -0.2) is 64.0 Å². The third kappa shape index (κ3) is 8.05. The van der Waals surface area contributed by atoms with E-state index in [9.17, 15) is 0 Å². The van der Waals surface area contributed by atoms with Gasteiger partial charge in [0.1, 0.15) is 0 Å². The summed E-state index contributed by atoms with van der Waals surface area (Å²) in [5, 5.41) is 4.32. The van der Waals surface area contributed by atoms with Crippen LogP contribution in [0.3, 0.4) is 0 Å². The molecule has 0 spiro atoms. The number of hydrogen-bond donors (Lipinski definition) is 1. The molecule has 0 saturated carbocycles. The third-order valence-electron chi connectivity index (χ3n) is 5.11. The molecule has 2 rings (SSSR count). The Labute approximate surface area is 192 Å². The van der Waals surface area contributed by atoms with Gasteiger partial charge in [0.15, 0.2) is 5.96 Å². The highest BCUT2D eigenvalue weighted by Gasteiger charge is 2.25. The van der Waals surface area contributed by atoms with E-state index in [1.165, 1.54) is 5.56 Å². The van der Waals surface area contributed by atoms with Crippen molar-refractivity contribution in [3.8, 4) is 0 Å². The van der Waals surface area contributed by atoms with Gasteiger partial charge < -0.3 is 19.7 Å². The first-order valence-electron chi connectivity index (χ1n) is 9.78. The van der Waals surface area contributed by atoms with Gasteiger partial charge in [-0.2, -0.15) is 0 Å². The van der Waals surface area contributed by atoms with Crippen molar-refractivity contribution in [3.63, 3.8) is 0 Å². The van der Waals surface area contributed by atoms with Crippen LogP contribution >= 0.6 is 35.6 Å². The van der Waals surface area contributed by atoms with E-state index in [0.29, 0.717) is 6.10 Å². The number of methoxy groups -OCH3 is 1. The van der Waals surface area contributed by atoms with Crippen LogP contribution in [-0.2, 0) is 14.9 Å². The molecular formula is C21H35ClIN3O2. The molecule has 1 saturated heterocycles. The predicted molar refractivity (Wildman–Crippen MR) is 128 cm³/mol. The summed E-state index contributed by atoms with van der Waals surface area (Å²) in [6, 6.07) is 8.09. The number of nitrogens with zero attached hydrogens (tertiary/aromatic N) is 2. The van der Waals surface area contributed by atoms with E-state index in [4.69, 9.17) is 21.1 Å². The number of aliphatic imine (C=N–C) groups is 1. The molecule has 0 unspecified atom stereocenters. The van der Waals surface area contributed by atoms with Gasteiger partial charge in [-0.3, -0.25) is 4.99 Å². The van der Waals surface area contributed by atoms with Crippen molar-refractivity contribution in [2.24, 2.45) is 4.99 Å². The van der Waals surface area contributed by atoms with Crippen LogP contribution in [0, 0.1) is 0 Å². The molecule has 1 aromatic carbocycles. The van der Waals surface area contributed by atoms with Gasteiger partial charge in [-0.15, -0.1) is 24.0 Å². The van der Waals surface area contributed by atoms with Crippen molar-refractivity contribution in [2.45, 2.75) is 44.6 Å². The van der Waals surface area contributed by atoms with Crippen molar-refractivity contribution < 1.29 is 9.47 Å². The fraction of sp³-hybridized carbons (Fsp3) is 0.667. The smallest absolute Gasteiger partial charge is 0.193 e. The Balaban J connectivity index is 0.00000392. The number of likely N-dealkylation sites (tertiary alicyclic amines) is 1. The minimum absolute atomic E-state index is 0. The number of rotatable bonds is 8. The van der Waals surface area contributed by atoms with Crippen molar-refractivity contribution in [1.29, 1.82) is 0 Å². The Hall–Kier alpha value is -0.570. The predicted octanol–water partition coefficient (Wildman–Crippen LogP) is 4.33. The fourth-order valence-corrected chi connectivity index (χ4v) is 3.45. The molecule has 0 amide bonds. The van der Waals surface area contributed by atoms with Crippen LogP contribution in [0.2, 0.25) is 5.02 Å². The molecule has 1 aliphatic heterocycles. The number of hydrogen-bond acceptors (Lipinski definition) is 3. The lowest BCUT2D eigenvalue weighted by Crippen LogP contribution is -2.49. The molecule has 0 aliphatic carbocycles. The van der Waals surface area contributed by atoms with Crippen molar-refractivity contribution in [1.82, 2.24) is 10.2 Å². The van der Waals surface area contributed by atoms with Gasteiger partial charge in [0.05, 0.1) is 6.10 Å². The van der Waals surface area contributed by atoms with Gasteiger partial charge in [0.2, 0.25) is 0 Å². The lowest BCUT2D eigenvalue weighted by molar-refractivity contribution is 0.00987. The highest BCUT2D eigenvalue weighted by atomic mass is 127. The molecule has 160 valence electrons. The van der Waals surface area contributed by atoms with E-state index in [1.807, 2.05) is 19.2 Å². The second-order valence-corrected chi connectivity index (χ2v) is 8.13. The monoisotopic (exact) mass is 523 g/mol. The van der Waals surface area contributed by atoms with Crippen molar-refractivity contribution in [3.05, 3.63) is 34.9 Å². The van der Waals surface area contributed by atoms with E-state index < -0.39 is 0 Å². The molecule has 1 N–H and O–H groups in total. The molecule has 0 bridgehead atoms. The lowest BCUT2D eigenvalue weighted by Gasteiger charge is -2.35. The number of ether oxygens (including phenoxy) is 2. The first-order valence-corrected chi connectivity index (χ1v) is 10.2. The maximum Gasteiger partial charge on any atom is 0.193 e. The standard InChI is InChI=1S/C21H34ClN3O2.HI/c1-21(2,17-6-8-18(22)9-7-17)16-24-20(23-3)25-12-10-19(11-13-25)27-15-5-14-26-4;/h6-9,19H,5,10-16H2,1-4H3,(H,23,24);1H. The lowest BCUT2D eigenvalue weighted by atomic mass is 9.84. The first kappa shape index (κ1) is 25.5. The summed E-state index contributed by atoms with van der Waals surface area (Å²) in [5.74, 6) is 0.967. The normalized spacial score (nSPS) is 16.0. The van der Waals surface area contributed by atoms with E-state index in [-0.39, 0.29) is 29.4 Å². The molecule has 0 radical (unpaired) electrons. The molecular weight excluding hydrogens is 489 g/mol. The molecule has 1 fully saturated rings. The average molecular weight is 524 g/mol. The summed E-state index contributed by atoms with van der Waals surface area (Å²) in [4.78, 5) is 6.81. The Kier molecular flexibility index (Phi) is 11.7. The molecule has 7 heteroatoms. The summed E-state index contributed by atoms with van der Waals surface area (Å²) < 4.78 is 11.0. The molecule has 1 aromatic rings. The van der Waals surface area contributed by atoms with Crippen LogP contribution in [0.5, 0.6) is 0 Å². The minimum Gasteiger partial charge on any atom is -0.385 e. The molecule has 0 aromatic heterocycles.